The standard InChI is InChI=1S/C19H29N3O3/c23-19(15-5-2-1-3-6-15)22-11-4-7-16(22)18-20-17(21-25-18)10-12-24-13-14-8-9-14/h14-16H,1-13H2. The summed E-state index contributed by atoms with van der Waals surface area (Å²) in [4.78, 5) is 19.4. The summed E-state index contributed by atoms with van der Waals surface area (Å²) in [5, 5.41) is 4.10. The molecule has 1 aromatic heterocycles. The van der Waals surface area contributed by atoms with Crippen molar-refractivity contribution in [2.45, 2.75) is 70.3 Å². The quantitative estimate of drug-likeness (QED) is 0.708. The molecular weight excluding hydrogens is 318 g/mol. The van der Waals surface area contributed by atoms with E-state index >= 15 is 0 Å². The normalized spacial score (nSPS) is 24.8. The van der Waals surface area contributed by atoms with E-state index in [1.165, 1.54) is 32.1 Å². The molecule has 3 fully saturated rings. The van der Waals surface area contributed by atoms with Gasteiger partial charge in [-0.1, -0.05) is 24.4 Å². The molecule has 1 amide bonds. The number of ether oxygens (including phenoxy) is 1. The van der Waals surface area contributed by atoms with Crippen LogP contribution in [0, 0.1) is 11.8 Å². The molecule has 138 valence electrons. The zero-order valence-corrected chi connectivity index (χ0v) is 15.0. The van der Waals surface area contributed by atoms with Gasteiger partial charge in [-0.15, -0.1) is 0 Å². The first-order chi connectivity index (χ1) is 12.3. The van der Waals surface area contributed by atoms with Gasteiger partial charge in [0.2, 0.25) is 11.8 Å². The van der Waals surface area contributed by atoms with Crippen molar-refractivity contribution in [1.29, 1.82) is 0 Å². The van der Waals surface area contributed by atoms with Gasteiger partial charge in [-0.3, -0.25) is 4.79 Å². The Morgan fingerprint density at radius 3 is 2.76 bits per heavy atom. The molecule has 1 saturated heterocycles. The second kappa shape index (κ2) is 7.85. The lowest BCUT2D eigenvalue weighted by molar-refractivity contribution is -0.138. The van der Waals surface area contributed by atoms with E-state index in [9.17, 15) is 4.79 Å². The maximum atomic E-state index is 12.9. The topological polar surface area (TPSA) is 68.5 Å². The molecule has 1 atom stereocenters. The van der Waals surface area contributed by atoms with Crippen LogP contribution in [0.25, 0.3) is 0 Å². The Labute approximate surface area is 149 Å². The van der Waals surface area contributed by atoms with Crippen LogP contribution in [0.5, 0.6) is 0 Å². The van der Waals surface area contributed by atoms with Gasteiger partial charge >= 0.3 is 0 Å². The number of carbonyl (C=O) groups is 1. The van der Waals surface area contributed by atoms with Crippen molar-refractivity contribution in [3.8, 4) is 0 Å². The summed E-state index contributed by atoms with van der Waals surface area (Å²) >= 11 is 0. The molecule has 6 nitrogen and oxygen atoms in total. The fourth-order valence-electron chi connectivity index (χ4n) is 4.07. The lowest BCUT2D eigenvalue weighted by atomic mass is 9.88. The van der Waals surface area contributed by atoms with E-state index < -0.39 is 0 Å². The minimum atomic E-state index is -0.0249. The predicted molar refractivity (Wildman–Crippen MR) is 91.8 cm³/mol. The van der Waals surface area contributed by atoms with E-state index in [4.69, 9.17) is 9.26 Å². The summed E-state index contributed by atoms with van der Waals surface area (Å²) in [6, 6.07) is -0.0249. The van der Waals surface area contributed by atoms with Gasteiger partial charge in [0.1, 0.15) is 6.04 Å². The lowest BCUT2D eigenvalue weighted by Crippen LogP contribution is -2.36. The molecule has 0 bridgehead atoms. The van der Waals surface area contributed by atoms with E-state index in [0.717, 1.165) is 44.8 Å². The Morgan fingerprint density at radius 1 is 1.12 bits per heavy atom. The predicted octanol–water partition coefficient (Wildman–Crippen LogP) is 3.28. The van der Waals surface area contributed by atoms with Crippen molar-refractivity contribution in [1.82, 2.24) is 15.0 Å². The van der Waals surface area contributed by atoms with Crippen LogP contribution in [0.1, 0.15) is 75.5 Å². The number of carbonyl (C=O) groups excluding carboxylic acids is 1. The number of aromatic nitrogens is 2. The highest BCUT2D eigenvalue weighted by Crippen LogP contribution is 2.35. The van der Waals surface area contributed by atoms with E-state index in [-0.39, 0.29) is 12.0 Å². The first-order valence-electron chi connectivity index (χ1n) is 10.0. The van der Waals surface area contributed by atoms with Gasteiger partial charge < -0.3 is 14.2 Å². The average molecular weight is 347 g/mol. The number of likely N-dealkylation sites (tertiary alicyclic amines) is 1. The van der Waals surface area contributed by atoms with Crippen molar-refractivity contribution in [2.24, 2.45) is 11.8 Å². The third kappa shape index (κ3) is 4.22. The average Bonchev–Trinajstić information content (AvgIpc) is 3.15. The number of amides is 1. The van der Waals surface area contributed by atoms with Crippen LogP contribution in [0.3, 0.4) is 0 Å². The van der Waals surface area contributed by atoms with Crippen molar-refractivity contribution in [2.75, 3.05) is 19.8 Å². The minimum Gasteiger partial charge on any atom is -0.381 e. The van der Waals surface area contributed by atoms with Crippen LogP contribution in [0.2, 0.25) is 0 Å². The number of rotatable bonds is 7. The molecule has 0 radical (unpaired) electrons. The molecule has 1 aliphatic heterocycles. The van der Waals surface area contributed by atoms with E-state index in [1.807, 2.05) is 4.90 Å². The van der Waals surface area contributed by atoms with Crippen LogP contribution in [0.4, 0.5) is 0 Å². The largest absolute Gasteiger partial charge is 0.381 e. The third-order valence-corrected chi connectivity index (χ3v) is 5.78. The van der Waals surface area contributed by atoms with Crippen molar-refractivity contribution in [3.63, 3.8) is 0 Å². The van der Waals surface area contributed by atoms with Gasteiger partial charge in [0.05, 0.1) is 6.61 Å². The second-order valence-electron chi connectivity index (χ2n) is 7.84. The SMILES string of the molecule is O=C(C1CCCCC1)N1CCCC1c1nc(CCOCC2CC2)no1. The summed E-state index contributed by atoms with van der Waals surface area (Å²) in [6.45, 7) is 2.32. The molecule has 0 aromatic carbocycles. The highest BCUT2D eigenvalue weighted by molar-refractivity contribution is 5.79. The number of nitrogens with zero attached hydrogens (tertiary/aromatic N) is 3. The molecule has 2 heterocycles. The van der Waals surface area contributed by atoms with Gasteiger partial charge in [-0.25, -0.2) is 0 Å². The molecule has 2 saturated carbocycles. The van der Waals surface area contributed by atoms with E-state index in [2.05, 4.69) is 10.1 Å². The fourth-order valence-corrected chi connectivity index (χ4v) is 4.07. The zero-order valence-electron chi connectivity index (χ0n) is 15.0. The van der Waals surface area contributed by atoms with E-state index in [1.54, 1.807) is 0 Å². The van der Waals surface area contributed by atoms with Crippen LogP contribution in [0.15, 0.2) is 4.52 Å². The first kappa shape index (κ1) is 17.0. The van der Waals surface area contributed by atoms with Gasteiger partial charge in [-0.2, -0.15) is 4.98 Å². The highest BCUT2D eigenvalue weighted by Gasteiger charge is 2.37. The van der Waals surface area contributed by atoms with Gasteiger partial charge in [0, 0.05) is 25.5 Å². The molecule has 4 rings (SSSR count). The number of hydrogen-bond acceptors (Lipinski definition) is 5. The molecule has 0 N–H and O–H groups in total. The Bertz CT molecular complexity index is 578. The fraction of sp³-hybridized carbons (Fsp3) is 0.842. The maximum absolute atomic E-state index is 12.9. The van der Waals surface area contributed by atoms with E-state index in [0.29, 0.717) is 30.7 Å². The molecule has 25 heavy (non-hydrogen) atoms. The second-order valence-corrected chi connectivity index (χ2v) is 7.84. The summed E-state index contributed by atoms with van der Waals surface area (Å²) in [5.74, 6) is 2.59. The van der Waals surface area contributed by atoms with Gasteiger partial charge in [0.15, 0.2) is 5.82 Å². The molecule has 6 heteroatoms. The Balaban J connectivity index is 1.32. The lowest BCUT2D eigenvalue weighted by Gasteiger charge is -2.29. The van der Waals surface area contributed by atoms with Gasteiger partial charge in [-0.05, 0) is 44.4 Å². The van der Waals surface area contributed by atoms with Crippen molar-refractivity contribution in [3.05, 3.63) is 11.7 Å². The molecule has 2 aliphatic carbocycles. The Morgan fingerprint density at radius 2 is 1.96 bits per heavy atom. The molecule has 1 unspecified atom stereocenters. The highest BCUT2D eigenvalue weighted by atomic mass is 16.5. The summed E-state index contributed by atoms with van der Waals surface area (Å²) in [7, 11) is 0. The zero-order chi connectivity index (χ0) is 17.1. The molecule has 3 aliphatic rings. The summed E-state index contributed by atoms with van der Waals surface area (Å²) in [5.41, 5.74) is 0. The summed E-state index contributed by atoms with van der Waals surface area (Å²) < 4.78 is 11.1. The first-order valence-corrected chi connectivity index (χ1v) is 10.0. The smallest absolute Gasteiger partial charge is 0.249 e. The van der Waals surface area contributed by atoms with Crippen LogP contribution < -0.4 is 0 Å². The van der Waals surface area contributed by atoms with Gasteiger partial charge in [0.25, 0.3) is 0 Å². The molecule has 1 aromatic rings. The third-order valence-electron chi connectivity index (χ3n) is 5.78. The Kier molecular flexibility index (Phi) is 5.34. The molecular formula is C19H29N3O3. The van der Waals surface area contributed by atoms with Crippen molar-refractivity contribution >= 4 is 5.91 Å². The molecule has 0 spiro atoms. The minimum absolute atomic E-state index is 0.0249. The summed E-state index contributed by atoms with van der Waals surface area (Å²) in [6.07, 6.45) is 10.9. The Hall–Kier alpha value is -1.43. The maximum Gasteiger partial charge on any atom is 0.249 e. The van der Waals surface area contributed by atoms with Crippen LogP contribution >= 0.6 is 0 Å². The van der Waals surface area contributed by atoms with Crippen molar-refractivity contribution < 1.29 is 14.1 Å². The monoisotopic (exact) mass is 347 g/mol. The number of hydrogen-bond donors (Lipinski definition) is 0. The van der Waals surface area contributed by atoms with Crippen LogP contribution in [-0.4, -0.2) is 40.7 Å². The van der Waals surface area contributed by atoms with Crippen LogP contribution in [-0.2, 0) is 16.0 Å².